The van der Waals surface area contributed by atoms with Crippen LogP contribution in [0, 0.1) is 5.82 Å². The highest BCUT2D eigenvalue weighted by atomic mass is 19.1. The first-order valence-corrected chi connectivity index (χ1v) is 5.68. The predicted molar refractivity (Wildman–Crippen MR) is 65.7 cm³/mol. The third kappa shape index (κ3) is 3.17. The number of nitrogens with zero attached hydrogens (tertiary/aromatic N) is 2. The summed E-state index contributed by atoms with van der Waals surface area (Å²) in [5.74, 6) is -1.12. The zero-order chi connectivity index (χ0) is 13.7. The maximum absolute atomic E-state index is 13.9. The first-order valence-electron chi connectivity index (χ1n) is 5.68. The summed E-state index contributed by atoms with van der Waals surface area (Å²) >= 11 is 0. The van der Waals surface area contributed by atoms with Crippen LogP contribution in [0.3, 0.4) is 0 Å². The fourth-order valence-corrected chi connectivity index (χ4v) is 1.53. The lowest BCUT2D eigenvalue weighted by atomic mass is 10.2. The molecule has 100 valence electrons. The van der Waals surface area contributed by atoms with Crippen molar-refractivity contribution in [2.24, 2.45) is 0 Å². The van der Waals surface area contributed by atoms with Crippen molar-refractivity contribution in [3.8, 4) is 5.69 Å². The molecule has 1 aromatic carbocycles. The Morgan fingerprint density at radius 1 is 1.42 bits per heavy atom. The van der Waals surface area contributed by atoms with Gasteiger partial charge in [0.25, 0.3) is 0 Å². The summed E-state index contributed by atoms with van der Waals surface area (Å²) in [5.41, 5.74) is 0.433. The van der Waals surface area contributed by atoms with E-state index >= 15 is 0 Å². The van der Waals surface area contributed by atoms with Crippen molar-refractivity contribution in [3.63, 3.8) is 0 Å². The molecule has 0 amide bonds. The largest absolute Gasteiger partial charge is 0.460 e. The molecule has 0 aliphatic heterocycles. The number of rotatable bonds is 5. The highest BCUT2D eigenvalue weighted by Gasteiger charge is 2.12. The first-order chi connectivity index (χ1) is 9.22. The lowest BCUT2D eigenvalue weighted by Gasteiger charge is -2.07. The van der Waals surface area contributed by atoms with Gasteiger partial charge in [0.1, 0.15) is 18.1 Å². The van der Waals surface area contributed by atoms with Gasteiger partial charge in [-0.15, -0.1) is 0 Å². The van der Waals surface area contributed by atoms with Crippen LogP contribution in [-0.2, 0) is 9.47 Å². The standard InChI is InChI=1S/C13H13FN2O3/c1-18-7-8-19-13(17)10-3-4-12(11(14)9-10)16-6-2-5-15-16/h2-6,9H,7-8H2,1H3. The molecule has 0 fully saturated rings. The Morgan fingerprint density at radius 2 is 2.26 bits per heavy atom. The van der Waals surface area contributed by atoms with Gasteiger partial charge in [-0.25, -0.2) is 13.9 Å². The molecule has 19 heavy (non-hydrogen) atoms. The molecule has 0 saturated carbocycles. The van der Waals surface area contributed by atoms with E-state index in [1.165, 1.54) is 23.9 Å². The number of ether oxygens (including phenoxy) is 2. The molecule has 0 aliphatic carbocycles. The minimum atomic E-state index is -0.581. The van der Waals surface area contributed by atoms with Crippen LogP contribution in [0.4, 0.5) is 4.39 Å². The van der Waals surface area contributed by atoms with Crippen LogP contribution in [0.15, 0.2) is 36.7 Å². The molecule has 1 heterocycles. The van der Waals surface area contributed by atoms with E-state index in [2.05, 4.69) is 5.10 Å². The summed E-state index contributed by atoms with van der Waals surface area (Å²) in [5, 5.41) is 3.93. The molecule has 0 spiro atoms. The highest BCUT2D eigenvalue weighted by Crippen LogP contribution is 2.15. The van der Waals surface area contributed by atoms with E-state index in [9.17, 15) is 9.18 Å². The molecular weight excluding hydrogens is 251 g/mol. The monoisotopic (exact) mass is 264 g/mol. The van der Waals surface area contributed by atoms with Crippen molar-refractivity contribution >= 4 is 5.97 Å². The Labute approximate surface area is 109 Å². The van der Waals surface area contributed by atoms with Gasteiger partial charge in [-0.3, -0.25) is 0 Å². The van der Waals surface area contributed by atoms with Gasteiger partial charge in [0.15, 0.2) is 0 Å². The maximum atomic E-state index is 13.9. The van der Waals surface area contributed by atoms with Crippen LogP contribution >= 0.6 is 0 Å². The Bertz CT molecular complexity index is 555. The molecule has 0 saturated heterocycles. The van der Waals surface area contributed by atoms with Gasteiger partial charge in [0, 0.05) is 19.5 Å². The molecular formula is C13H13FN2O3. The first kappa shape index (κ1) is 13.2. The van der Waals surface area contributed by atoms with Gasteiger partial charge in [-0.1, -0.05) is 0 Å². The number of benzene rings is 1. The molecule has 0 unspecified atom stereocenters. The molecule has 0 aliphatic rings. The van der Waals surface area contributed by atoms with E-state index in [-0.39, 0.29) is 17.9 Å². The summed E-state index contributed by atoms with van der Waals surface area (Å²) in [7, 11) is 1.51. The van der Waals surface area contributed by atoms with Gasteiger partial charge in [0.2, 0.25) is 0 Å². The number of hydrogen-bond acceptors (Lipinski definition) is 4. The van der Waals surface area contributed by atoms with Crippen LogP contribution < -0.4 is 0 Å². The molecule has 2 rings (SSSR count). The number of esters is 1. The predicted octanol–water partition coefficient (Wildman–Crippen LogP) is 1.81. The third-order valence-electron chi connectivity index (χ3n) is 2.46. The number of hydrogen-bond donors (Lipinski definition) is 0. The maximum Gasteiger partial charge on any atom is 0.338 e. The van der Waals surface area contributed by atoms with Gasteiger partial charge < -0.3 is 9.47 Å². The van der Waals surface area contributed by atoms with Crippen molar-refractivity contribution in [2.45, 2.75) is 0 Å². The van der Waals surface area contributed by atoms with Crippen LogP contribution in [0.25, 0.3) is 5.69 Å². The normalized spacial score (nSPS) is 10.4. The van der Waals surface area contributed by atoms with Crippen molar-refractivity contribution in [1.29, 1.82) is 0 Å². The zero-order valence-corrected chi connectivity index (χ0v) is 10.4. The quantitative estimate of drug-likeness (QED) is 0.610. The zero-order valence-electron chi connectivity index (χ0n) is 10.4. The fraction of sp³-hybridized carbons (Fsp3) is 0.231. The Hall–Kier alpha value is -2.21. The van der Waals surface area contributed by atoms with Crippen LogP contribution in [0.5, 0.6) is 0 Å². The number of halogens is 1. The van der Waals surface area contributed by atoms with E-state index in [1.807, 2.05) is 0 Å². The second-order valence-corrected chi connectivity index (χ2v) is 3.75. The van der Waals surface area contributed by atoms with E-state index in [1.54, 1.807) is 18.5 Å². The molecule has 6 heteroatoms. The number of carbonyl (C=O) groups is 1. The third-order valence-corrected chi connectivity index (χ3v) is 2.46. The van der Waals surface area contributed by atoms with Crippen LogP contribution in [0.1, 0.15) is 10.4 Å². The van der Waals surface area contributed by atoms with Gasteiger partial charge in [-0.05, 0) is 24.3 Å². The summed E-state index contributed by atoms with van der Waals surface area (Å²) in [6.07, 6.45) is 3.17. The van der Waals surface area contributed by atoms with E-state index in [0.717, 1.165) is 6.07 Å². The highest BCUT2D eigenvalue weighted by molar-refractivity contribution is 5.89. The topological polar surface area (TPSA) is 53.4 Å². The van der Waals surface area contributed by atoms with Crippen molar-refractivity contribution < 1.29 is 18.7 Å². The van der Waals surface area contributed by atoms with E-state index in [4.69, 9.17) is 9.47 Å². The molecule has 0 atom stereocenters. The molecule has 0 bridgehead atoms. The van der Waals surface area contributed by atoms with Crippen molar-refractivity contribution in [2.75, 3.05) is 20.3 Å². The average molecular weight is 264 g/mol. The second kappa shape index (κ2) is 6.10. The van der Waals surface area contributed by atoms with Gasteiger partial charge in [0.05, 0.1) is 12.2 Å². The fourth-order valence-electron chi connectivity index (χ4n) is 1.53. The second-order valence-electron chi connectivity index (χ2n) is 3.75. The smallest absolute Gasteiger partial charge is 0.338 e. The number of aromatic nitrogens is 2. The Kier molecular flexibility index (Phi) is 4.25. The molecule has 2 aromatic rings. The lowest BCUT2D eigenvalue weighted by molar-refractivity contribution is 0.0387. The number of carbonyl (C=O) groups excluding carboxylic acids is 1. The van der Waals surface area contributed by atoms with E-state index < -0.39 is 11.8 Å². The average Bonchev–Trinajstić information content (AvgIpc) is 2.92. The minimum Gasteiger partial charge on any atom is -0.460 e. The molecule has 0 radical (unpaired) electrons. The SMILES string of the molecule is COCCOC(=O)c1ccc(-n2cccn2)c(F)c1. The summed E-state index contributed by atoms with van der Waals surface area (Å²) in [6, 6.07) is 5.79. The van der Waals surface area contributed by atoms with Gasteiger partial charge >= 0.3 is 5.97 Å². The molecule has 5 nitrogen and oxygen atoms in total. The Morgan fingerprint density at radius 3 is 2.89 bits per heavy atom. The van der Waals surface area contributed by atoms with Crippen molar-refractivity contribution in [1.82, 2.24) is 9.78 Å². The van der Waals surface area contributed by atoms with E-state index in [0.29, 0.717) is 6.61 Å². The lowest BCUT2D eigenvalue weighted by Crippen LogP contribution is -2.10. The summed E-state index contributed by atoms with van der Waals surface area (Å²) in [4.78, 5) is 11.6. The Balaban J connectivity index is 2.13. The molecule has 1 aromatic heterocycles. The molecule has 0 N–H and O–H groups in total. The van der Waals surface area contributed by atoms with Crippen molar-refractivity contribution in [3.05, 3.63) is 48.0 Å². The minimum absolute atomic E-state index is 0.137. The number of methoxy groups -OCH3 is 1. The summed E-state index contributed by atoms with van der Waals surface area (Å²) in [6.45, 7) is 0.442. The van der Waals surface area contributed by atoms with Crippen LogP contribution in [0.2, 0.25) is 0 Å². The summed E-state index contributed by atoms with van der Waals surface area (Å²) < 4.78 is 24.9. The van der Waals surface area contributed by atoms with Gasteiger partial charge in [-0.2, -0.15) is 5.10 Å². The van der Waals surface area contributed by atoms with Crippen LogP contribution in [-0.4, -0.2) is 36.1 Å².